The Morgan fingerprint density at radius 2 is 1.64 bits per heavy atom. The van der Waals surface area contributed by atoms with Gasteiger partial charge in [-0.15, -0.1) is 11.3 Å². The van der Waals surface area contributed by atoms with Crippen LogP contribution in [0.4, 0.5) is 10.6 Å². The van der Waals surface area contributed by atoms with E-state index in [1.165, 1.54) is 17.0 Å². The number of rotatable bonds is 17. The van der Waals surface area contributed by atoms with Crippen LogP contribution in [0.2, 0.25) is 51.4 Å². The van der Waals surface area contributed by atoms with Gasteiger partial charge in [0.25, 0.3) is 0 Å². The number of ether oxygens (including phenoxy) is 3. The summed E-state index contributed by atoms with van der Waals surface area (Å²) in [4.78, 5) is 34.3. The van der Waals surface area contributed by atoms with Crippen LogP contribution in [0.3, 0.4) is 0 Å². The van der Waals surface area contributed by atoms with Crippen LogP contribution < -0.4 is 4.90 Å². The Hall–Kier alpha value is -2.45. The molecule has 0 saturated carbocycles. The molecule has 2 atom stereocenters. The normalized spacial score (nSPS) is 19.6. The van der Waals surface area contributed by atoms with Crippen LogP contribution in [-0.4, -0.2) is 97.1 Å². The van der Waals surface area contributed by atoms with E-state index in [4.69, 9.17) is 34.3 Å². The number of unbranched alkanes of at least 4 members (excludes halogenated alkanes) is 1. The number of pyridine rings is 1. The fourth-order valence-corrected chi connectivity index (χ4v) is 11.8. The van der Waals surface area contributed by atoms with E-state index in [9.17, 15) is 4.79 Å². The lowest BCUT2D eigenvalue weighted by Crippen LogP contribution is -2.46. The molecular weight excluding hydrogens is 870 g/mol. The first-order valence-electron chi connectivity index (χ1n) is 20.7. The van der Waals surface area contributed by atoms with Crippen molar-refractivity contribution in [2.45, 2.75) is 134 Å². The van der Waals surface area contributed by atoms with Crippen molar-refractivity contribution in [3.05, 3.63) is 44.4 Å². The summed E-state index contributed by atoms with van der Waals surface area (Å²) >= 11 is 4.27. The third-order valence-electron chi connectivity index (χ3n) is 11.3. The Labute approximate surface area is 352 Å². The average molecular weight is 930 g/mol. The van der Waals surface area contributed by atoms with Crippen molar-refractivity contribution in [3.8, 4) is 21.8 Å². The molecule has 2 fully saturated rings. The number of hydrogen-bond acceptors (Lipinski definition) is 10. The molecule has 1 amide bonds. The van der Waals surface area contributed by atoms with Gasteiger partial charge in [0.15, 0.2) is 11.5 Å². The topological polar surface area (TPSA) is 107 Å². The van der Waals surface area contributed by atoms with E-state index in [0.29, 0.717) is 33.3 Å². The molecule has 2 bridgehead atoms. The Morgan fingerprint density at radius 1 is 0.946 bits per heavy atom. The van der Waals surface area contributed by atoms with E-state index >= 15 is 0 Å². The lowest BCUT2D eigenvalue weighted by atomic mass is 9.88. The van der Waals surface area contributed by atoms with E-state index in [-0.39, 0.29) is 24.1 Å². The molecule has 0 spiro atoms. The lowest BCUT2D eigenvalue weighted by molar-refractivity contribution is 0.0643. The molecule has 7 rings (SSSR count). The minimum absolute atomic E-state index is 0.143. The number of thiazole rings is 1. The zero-order valence-corrected chi connectivity index (χ0v) is 39.4. The quantitative estimate of drug-likeness (QED) is 0.0443. The minimum atomic E-state index is -1.28. The Balaban J connectivity index is 1.24. The van der Waals surface area contributed by atoms with Crippen molar-refractivity contribution in [1.29, 1.82) is 0 Å². The van der Waals surface area contributed by atoms with Crippen LogP contribution >= 0.6 is 33.9 Å². The molecule has 2 saturated heterocycles. The molecule has 11 nitrogen and oxygen atoms in total. The van der Waals surface area contributed by atoms with E-state index in [2.05, 4.69) is 85.8 Å². The molecule has 304 valence electrons. The fourth-order valence-electron chi connectivity index (χ4n) is 8.04. The number of hydrogen-bond donors (Lipinski definition) is 0. The molecule has 4 aromatic rings. The number of anilines is 1. The standard InChI is InChI=1S/C41H60IN7O4SSi2/c1-8-9-17-53-41(50)48-30-14-15-31(48)23-29(22-30)37-36(42)40(47(26-51-18-20-55(2,3)4)27-52-19-21-56(5,6)7)49-38(46-37)32(25-44-49)28-13-16-34(43-24-28)39-45-33-11-10-12-35(33)54-39/h13,16,24-25,29-31H,8-12,14-15,17-23,26-27H2,1-7H3. The van der Waals surface area contributed by atoms with Crippen LogP contribution in [0.15, 0.2) is 24.5 Å². The van der Waals surface area contributed by atoms with Crippen LogP contribution in [-0.2, 0) is 27.1 Å². The highest BCUT2D eigenvalue weighted by atomic mass is 127. The zero-order valence-electron chi connectivity index (χ0n) is 34.4. The summed E-state index contributed by atoms with van der Waals surface area (Å²) in [6.07, 6.45) is 12.7. The largest absolute Gasteiger partial charge is 0.449 e. The number of carbonyl (C=O) groups is 1. The third-order valence-corrected chi connectivity index (χ3v) is 16.9. The first-order valence-corrected chi connectivity index (χ1v) is 30.0. The summed E-state index contributed by atoms with van der Waals surface area (Å²) in [5.74, 6) is 1.12. The van der Waals surface area contributed by atoms with Gasteiger partial charge in [0.1, 0.15) is 18.5 Å². The second-order valence-corrected chi connectivity index (χ2v) is 31.7. The van der Waals surface area contributed by atoms with Crippen LogP contribution in [0, 0.1) is 3.57 Å². The molecule has 1 aliphatic carbocycles. The lowest BCUT2D eigenvalue weighted by Gasteiger charge is -2.38. The first kappa shape index (κ1) is 41.7. The highest BCUT2D eigenvalue weighted by molar-refractivity contribution is 14.1. The van der Waals surface area contributed by atoms with E-state index in [1.54, 1.807) is 11.3 Å². The van der Waals surface area contributed by atoms with Crippen molar-refractivity contribution < 1.29 is 19.0 Å². The highest BCUT2D eigenvalue weighted by Crippen LogP contribution is 2.46. The average Bonchev–Trinajstić information content (AvgIpc) is 3.93. The summed E-state index contributed by atoms with van der Waals surface area (Å²) in [6, 6.07) is 6.68. The summed E-state index contributed by atoms with van der Waals surface area (Å²) in [6.45, 7) is 19.1. The monoisotopic (exact) mass is 929 g/mol. The Kier molecular flexibility index (Phi) is 13.3. The maximum Gasteiger partial charge on any atom is 0.410 e. The van der Waals surface area contributed by atoms with Crippen molar-refractivity contribution in [3.63, 3.8) is 0 Å². The number of aryl methyl sites for hydroxylation is 2. The van der Waals surface area contributed by atoms with Gasteiger partial charge in [0.2, 0.25) is 0 Å². The SMILES string of the molecule is CCCCOC(=O)N1C2CCC1CC(c1nc3c(-c4ccc(-c5nc6c(s5)CCC6)nc4)cnn3c(N(COCC[Si](C)(C)C)COCC[Si](C)(C)C)c1I)C2. The summed E-state index contributed by atoms with van der Waals surface area (Å²) in [5, 5.41) is 6.02. The molecule has 56 heavy (non-hydrogen) atoms. The molecule has 4 aromatic heterocycles. The third kappa shape index (κ3) is 9.70. The number of aromatic nitrogens is 5. The summed E-state index contributed by atoms with van der Waals surface area (Å²) in [7, 11) is -2.57. The molecule has 0 N–H and O–H groups in total. The van der Waals surface area contributed by atoms with E-state index in [1.807, 2.05) is 21.8 Å². The molecule has 3 aliphatic rings. The number of halogens is 1. The maximum absolute atomic E-state index is 13.3. The van der Waals surface area contributed by atoms with Crippen molar-refractivity contribution in [2.24, 2.45) is 0 Å². The number of amides is 1. The molecule has 2 aliphatic heterocycles. The van der Waals surface area contributed by atoms with Crippen LogP contribution in [0.1, 0.15) is 74.1 Å². The second kappa shape index (κ2) is 17.8. The Morgan fingerprint density at radius 3 is 2.25 bits per heavy atom. The van der Waals surface area contributed by atoms with E-state index in [0.717, 1.165) is 106 Å². The van der Waals surface area contributed by atoms with Crippen molar-refractivity contribution in [1.82, 2.24) is 29.5 Å². The van der Waals surface area contributed by atoms with Gasteiger partial charge in [-0.2, -0.15) is 9.61 Å². The van der Waals surface area contributed by atoms with Gasteiger partial charge in [-0.25, -0.2) is 14.8 Å². The number of carbonyl (C=O) groups excluding carboxylic acids is 1. The first-order chi connectivity index (χ1) is 26.8. The zero-order chi connectivity index (χ0) is 39.6. The molecule has 15 heteroatoms. The smallest absolute Gasteiger partial charge is 0.410 e. The van der Waals surface area contributed by atoms with Gasteiger partial charge < -0.3 is 24.0 Å². The van der Waals surface area contributed by atoms with Crippen molar-refractivity contribution in [2.75, 3.05) is 38.2 Å². The maximum atomic E-state index is 13.3. The molecule has 2 unspecified atom stereocenters. The Bertz CT molecular complexity index is 1920. The van der Waals surface area contributed by atoms with Gasteiger partial charge in [-0.1, -0.05) is 58.7 Å². The predicted octanol–water partition coefficient (Wildman–Crippen LogP) is 10.1. The fraction of sp³-hybridized carbons (Fsp3) is 0.634. The van der Waals surface area contributed by atoms with Crippen LogP contribution in [0.5, 0.6) is 0 Å². The predicted molar refractivity (Wildman–Crippen MR) is 239 cm³/mol. The molecule has 0 radical (unpaired) electrons. The molecule has 0 aromatic carbocycles. The van der Waals surface area contributed by atoms with Gasteiger partial charge in [0.05, 0.1) is 33.5 Å². The highest BCUT2D eigenvalue weighted by Gasteiger charge is 2.45. The minimum Gasteiger partial charge on any atom is -0.449 e. The number of nitrogens with zero attached hydrogens (tertiary/aromatic N) is 7. The van der Waals surface area contributed by atoms with Gasteiger partial charge >= 0.3 is 6.09 Å². The summed E-state index contributed by atoms with van der Waals surface area (Å²) in [5.41, 5.74) is 5.89. The molecule has 6 heterocycles. The number of fused-ring (bicyclic) bond motifs is 4. The second-order valence-electron chi connectivity index (χ2n) is 18.3. The van der Waals surface area contributed by atoms with E-state index < -0.39 is 16.1 Å². The molecular formula is C41H60IN7O4SSi2. The van der Waals surface area contributed by atoms with Crippen molar-refractivity contribution >= 4 is 67.6 Å². The van der Waals surface area contributed by atoms with Gasteiger partial charge in [-0.05, 0) is 92.1 Å². The summed E-state index contributed by atoms with van der Waals surface area (Å²) < 4.78 is 21.7. The van der Waals surface area contributed by atoms with Gasteiger partial charge in [-0.3, -0.25) is 4.98 Å². The van der Waals surface area contributed by atoms with Gasteiger partial charge in [0, 0.05) is 69.6 Å². The number of piperidine rings is 1. The van der Waals surface area contributed by atoms with Crippen LogP contribution in [0.25, 0.3) is 27.5 Å².